The smallest absolute Gasteiger partial charge is 0.222 e. The molecule has 5 rings (SSSR count). The van der Waals surface area contributed by atoms with Crippen LogP contribution in [0.25, 0.3) is 0 Å². The molecule has 2 aromatic carbocycles. The van der Waals surface area contributed by atoms with Gasteiger partial charge in [-0.05, 0) is 74.0 Å². The first kappa shape index (κ1) is 21.2. The largest absolute Gasteiger partial charge is 0.353 e. The molecule has 0 aromatic heterocycles. The van der Waals surface area contributed by atoms with Gasteiger partial charge in [0.05, 0.1) is 11.6 Å². The van der Waals surface area contributed by atoms with E-state index in [1.54, 1.807) is 0 Å². The average molecular weight is 429 g/mol. The highest BCUT2D eigenvalue weighted by molar-refractivity contribution is 5.77. The summed E-state index contributed by atoms with van der Waals surface area (Å²) in [5.41, 5.74) is 4.70. The SMILES string of the molecule is N#Cc1cccc(CN2CCC(N3CCc4ccccc4C3CC(=O)NC3CC3)CC2)c1. The van der Waals surface area contributed by atoms with Crippen LogP contribution in [0.4, 0.5) is 0 Å². The molecule has 2 fully saturated rings. The van der Waals surface area contributed by atoms with Gasteiger partial charge in [0, 0.05) is 37.6 Å². The third kappa shape index (κ3) is 4.87. The zero-order valence-corrected chi connectivity index (χ0v) is 18.7. The Bertz CT molecular complexity index is 1000. The number of likely N-dealkylation sites (tertiary alicyclic amines) is 1. The number of fused-ring (bicyclic) bond motifs is 1. The quantitative estimate of drug-likeness (QED) is 0.761. The standard InChI is InChI=1S/C27H32N4O/c28-18-20-4-3-5-21(16-20)19-30-13-11-24(12-14-30)31-15-10-22-6-1-2-7-25(22)26(31)17-27(32)29-23-8-9-23/h1-7,16,23-24,26H,8-15,17,19H2,(H,29,32). The van der Waals surface area contributed by atoms with Crippen LogP contribution in [0.5, 0.6) is 0 Å². The Labute approximate surface area is 191 Å². The lowest BCUT2D eigenvalue weighted by atomic mass is 9.87. The van der Waals surface area contributed by atoms with Crippen LogP contribution in [0, 0.1) is 11.3 Å². The maximum absolute atomic E-state index is 12.7. The van der Waals surface area contributed by atoms with Gasteiger partial charge in [0.25, 0.3) is 0 Å². The molecule has 5 nitrogen and oxygen atoms in total. The van der Waals surface area contributed by atoms with E-state index in [2.05, 4.69) is 51.5 Å². The van der Waals surface area contributed by atoms with Crippen molar-refractivity contribution >= 4 is 5.91 Å². The van der Waals surface area contributed by atoms with Crippen molar-refractivity contribution in [2.24, 2.45) is 0 Å². The van der Waals surface area contributed by atoms with Crippen LogP contribution in [0.2, 0.25) is 0 Å². The Morgan fingerprint density at radius 3 is 2.62 bits per heavy atom. The van der Waals surface area contributed by atoms with Crippen LogP contribution in [0.1, 0.15) is 60.4 Å². The van der Waals surface area contributed by atoms with Crippen LogP contribution in [-0.2, 0) is 17.8 Å². The van der Waals surface area contributed by atoms with E-state index >= 15 is 0 Å². The number of hydrogen-bond donors (Lipinski definition) is 1. The second-order valence-corrected chi connectivity index (χ2v) is 9.57. The predicted molar refractivity (Wildman–Crippen MR) is 125 cm³/mol. The predicted octanol–water partition coefficient (Wildman–Crippen LogP) is 3.79. The maximum atomic E-state index is 12.7. The van der Waals surface area contributed by atoms with E-state index < -0.39 is 0 Å². The van der Waals surface area contributed by atoms with Gasteiger partial charge in [-0.25, -0.2) is 0 Å². The normalized spacial score (nSPS) is 22.2. The van der Waals surface area contributed by atoms with Crippen molar-refractivity contribution in [3.8, 4) is 6.07 Å². The molecule has 1 unspecified atom stereocenters. The first-order chi connectivity index (χ1) is 15.7. The molecule has 2 aliphatic heterocycles. The number of hydrogen-bond acceptors (Lipinski definition) is 4. The second-order valence-electron chi connectivity index (χ2n) is 9.57. The van der Waals surface area contributed by atoms with Crippen molar-refractivity contribution in [1.29, 1.82) is 5.26 Å². The van der Waals surface area contributed by atoms with Gasteiger partial charge in [-0.15, -0.1) is 0 Å². The Morgan fingerprint density at radius 2 is 1.84 bits per heavy atom. The Hall–Kier alpha value is -2.68. The zero-order valence-electron chi connectivity index (χ0n) is 18.7. The molecule has 0 radical (unpaired) electrons. The second kappa shape index (κ2) is 9.44. The first-order valence-electron chi connectivity index (χ1n) is 12.0. The molecule has 1 saturated carbocycles. The number of carbonyl (C=O) groups is 1. The van der Waals surface area contributed by atoms with Crippen LogP contribution in [0.15, 0.2) is 48.5 Å². The molecule has 3 aliphatic rings. The summed E-state index contributed by atoms with van der Waals surface area (Å²) in [6, 6.07) is 20.0. The first-order valence-corrected chi connectivity index (χ1v) is 12.0. The van der Waals surface area contributed by atoms with E-state index in [0.717, 1.165) is 63.8 Å². The highest BCUT2D eigenvalue weighted by Crippen LogP contribution is 2.36. The minimum absolute atomic E-state index is 0.183. The fourth-order valence-electron chi connectivity index (χ4n) is 5.43. The summed E-state index contributed by atoms with van der Waals surface area (Å²) in [6.45, 7) is 4.05. The number of benzene rings is 2. The van der Waals surface area contributed by atoms with Crippen molar-refractivity contribution < 1.29 is 4.79 Å². The van der Waals surface area contributed by atoms with Gasteiger partial charge in [-0.1, -0.05) is 36.4 Å². The Balaban J connectivity index is 1.25. The van der Waals surface area contributed by atoms with Crippen molar-refractivity contribution in [2.75, 3.05) is 19.6 Å². The summed E-state index contributed by atoms with van der Waals surface area (Å²) < 4.78 is 0. The fourth-order valence-corrected chi connectivity index (χ4v) is 5.43. The van der Waals surface area contributed by atoms with Crippen LogP contribution >= 0.6 is 0 Å². The highest BCUT2D eigenvalue weighted by Gasteiger charge is 2.36. The average Bonchev–Trinajstić information content (AvgIpc) is 3.64. The van der Waals surface area contributed by atoms with E-state index in [-0.39, 0.29) is 11.9 Å². The maximum Gasteiger partial charge on any atom is 0.222 e. The number of nitriles is 1. The Morgan fingerprint density at radius 1 is 1.03 bits per heavy atom. The minimum atomic E-state index is 0.183. The summed E-state index contributed by atoms with van der Waals surface area (Å²) in [4.78, 5) is 17.9. The summed E-state index contributed by atoms with van der Waals surface area (Å²) in [5.74, 6) is 0.203. The summed E-state index contributed by atoms with van der Waals surface area (Å²) in [6.07, 6.45) is 6.15. The molecule has 5 heteroatoms. The molecule has 32 heavy (non-hydrogen) atoms. The van der Waals surface area contributed by atoms with Crippen molar-refractivity contribution in [3.63, 3.8) is 0 Å². The summed E-state index contributed by atoms with van der Waals surface area (Å²) >= 11 is 0. The third-order valence-electron chi connectivity index (χ3n) is 7.26. The van der Waals surface area contributed by atoms with Gasteiger partial charge in [-0.2, -0.15) is 5.26 Å². The van der Waals surface area contributed by atoms with Gasteiger partial charge in [-0.3, -0.25) is 14.6 Å². The van der Waals surface area contributed by atoms with E-state index in [9.17, 15) is 4.79 Å². The van der Waals surface area contributed by atoms with Crippen LogP contribution in [0.3, 0.4) is 0 Å². The molecule has 1 aliphatic carbocycles. The molecule has 1 atom stereocenters. The van der Waals surface area contributed by atoms with E-state index in [1.165, 1.54) is 16.7 Å². The van der Waals surface area contributed by atoms with E-state index in [0.29, 0.717) is 18.5 Å². The lowest BCUT2D eigenvalue weighted by Crippen LogP contribution is -2.49. The van der Waals surface area contributed by atoms with E-state index in [1.807, 2.05) is 18.2 Å². The van der Waals surface area contributed by atoms with Crippen molar-refractivity contribution in [3.05, 3.63) is 70.8 Å². The van der Waals surface area contributed by atoms with Gasteiger partial charge in [0.1, 0.15) is 0 Å². The number of carbonyl (C=O) groups excluding carboxylic acids is 1. The molecule has 166 valence electrons. The fraction of sp³-hybridized carbons (Fsp3) is 0.481. The van der Waals surface area contributed by atoms with E-state index in [4.69, 9.17) is 5.26 Å². The third-order valence-corrected chi connectivity index (χ3v) is 7.26. The molecular formula is C27H32N4O. The number of rotatable bonds is 6. The molecule has 1 N–H and O–H groups in total. The topological polar surface area (TPSA) is 59.4 Å². The van der Waals surface area contributed by atoms with Gasteiger partial charge >= 0.3 is 0 Å². The molecule has 2 heterocycles. The monoisotopic (exact) mass is 428 g/mol. The number of nitrogens with one attached hydrogen (secondary N) is 1. The molecular weight excluding hydrogens is 396 g/mol. The van der Waals surface area contributed by atoms with Gasteiger partial charge in [0.15, 0.2) is 0 Å². The lowest BCUT2D eigenvalue weighted by molar-refractivity contribution is -0.123. The zero-order chi connectivity index (χ0) is 21.9. The Kier molecular flexibility index (Phi) is 6.25. The number of amides is 1. The van der Waals surface area contributed by atoms with Crippen molar-refractivity contribution in [1.82, 2.24) is 15.1 Å². The van der Waals surface area contributed by atoms with Crippen LogP contribution < -0.4 is 5.32 Å². The highest BCUT2D eigenvalue weighted by atomic mass is 16.1. The molecule has 1 amide bonds. The lowest BCUT2D eigenvalue weighted by Gasteiger charge is -2.45. The number of piperidine rings is 1. The minimum Gasteiger partial charge on any atom is -0.353 e. The van der Waals surface area contributed by atoms with Gasteiger partial charge in [0.2, 0.25) is 5.91 Å². The van der Waals surface area contributed by atoms with Crippen LogP contribution in [-0.4, -0.2) is 47.4 Å². The summed E-state index contributed by atoms with van der Waals surface area (Å²) in [7, 11) is 0. The van der Waals surface area contributed by atoms with Gasteiger partial charge < -0.3 is 5.32 Å². The molecule has 0 spiro atoms. The molecule has 0 bridgehead atoms. The molecule has 1 saturated heterocycles. The summed E-state index contributed by atoms with van der Waals surface area (Å²) in [5, 5.41) is 12.4. The van der Waals surface area contributed by atoms with Crippen molar-refractivity contribution in [2.45, 2.75) is 63.2 Å². The number of nitrogens with zero attached hydrogens (tertiary/aromatic N) is 3. The molecule has 2 aromatic rings.